The number of carbonyl (C=O) groups is 1. The molecule has 2 unspecified atom stereocenters. The fourth-order valence-electron chi connectivity index (χ4n) is 2.84. The Morgan fingerprint density at radius 1 is 1.29 bits per heavy atom. The Bertz CT molecular complexity index is 230. The lowest BCUT2D eigenvalue weighted by Gasteiger charge is -2.37. The smallest absolute Gasteiger partial charge is 0.321 e. The van der Waals surface area contributed by atoms with Crippen molar-refractivity contribution in [3.8, 4) is 0 Å². The maximum absolute atomic E-state index is 11.3. The van der Waals surface area contributed by atoms with Crippen LogP contribution in [0, 0.1) is 5.92 Å². The van der Waals surface area contributed by atoms with E-state index in [1.807, 2.05) is 0 Å². The van der Waals surface area contributed by atoms with Crippen molar-refractivity contribution >= 4 is 5.97 Å². The van der Waals surface area contributed by atoms with E-state index in [9.17, 15) is 9.90 Å². The van der Waals surface area contributed by atoms with Crippen LogP contribution in [0.25, 0.3) is 0 Å². The van der Waals surface area contributed by atoms with Crippen LogP contribution in [0.1, 0.15) is 58.8 Å². The largest absolute Gasteiger partial charge is 0.480 e. The maximum Gasteiger partial charge on any atom is 0.321 e. The number of likely N-dealkylation sites (tertiary alicyclic amines) is 1. The van der Waals surface area contributed by atoms with Gasteiger partial charge in [0, 0.05) is 0 Å². The van der Waals surface area contributed by atoms with Crippen LogP contribution >= 0.6 is 0 Å². The van der Waals surface area contributed by atoms with Crippen molar-refractivity contribution in [2.45, 2.75) is 64.8 Å². The molecule has 0 saturated carbocycles. The molecule has 0 spiro atoms. The van der Waals surface area contributed by atoms with E-state index in [4.69, 9.17) is 0 Å². The molecule has 0 aliphatic carbocycles. The Kier molecular flexibility index (Phi) is 6.56. The fourth-order valence-corrected chi connectivity index (χ4v) is 2.84. The van der Waals surface area contributed by atoms with Gasteiger partial charge in [0.25, 0.3) is 0 Å². The standard InChI is InChI=1S/C14H27NO2/c1-3-4-5-6-7-10-15-11-8-9-12(2)13(15)14(16)17/h12-13H,3-11H2,1-2H3,(H,16,17). The first-order valence-electron chi connectivity index (χ1n) is 7.13. The first-order valence-corrected chi connectivity index (χ1v) is 7.13. The van der Waals surface area contributed by atoms with Crippen molar-refractivity contribution in [3.05, 3.63) is 0 Å². The fraction of sp³-hybridized carbons (Fsp3) is 0.929. The monoisotopic (exact) mass is 241 g/mol. The quantitative estimate of drug-likeness (QED) is 0.696. The Hall–Kier alpha value is -0.570. The summed E-state index contributed by atoms with van der Waals surface area (Å²) in [5.41, 5.74) is 0. The molecule has 1 rings (SSSR count). The molecule has 3 heteroatoms. The van der Waals surface area contributed by atoms with Gasteiger partial charge in [-0.1, -0.05) is 39.5 Å². The molecule has 100 valence electrons. The van der Waals surface area contributed by atoms with Crippen LogP contribution in [0.3, 0.4) is 0 Å². The molecule has 1 aliphatic rings. The van der Waals surface area contributed by atoms with E-state index in [2.05, 4.69) is 18.7 Å². The summed E-state index contributed by atoms with van der Waals surface area (Å²) in [6.07, 6.45) is 8.46. The number of carboxylic acids is 1. The van der Waals surface area contributed by atoms with Crippen molar-refractivity contribution in [2.24, 2.45) is 5.92 Å². The molecular weight excluding hydrogens is 214 g/mol. The van der Waals surface area contributed by atoms with E-state index < -0.39 is 5.97 Å². The molecule has 1 N–H and O–H groups in total. The first kappa shape index (κ1) is 14.5. The Balaban J connectivity index is 2.31. The van der Waals surface area contributed by atoms with Crippen molar-refractivity contribution in [1.29, 1.82) is 0 Å². The lowest BCUT2D eigenvalue weighted by Crippen LogP contribution is -2.49. The van der Waals surface area contributed by atoms with Crippen molar-refractivity contribution in [2.75, 3.05) is 13.1 Å². The third-order valence-electron chi connectivity index (χ3n) is 3.84. The van der Waals surface area contributed by atoms with E-state index in [1.54, 1.807) is 0 Å². The zero-order valence-electron chi connectivity index (χ0n) is 11.3. The summed E-state index contributed by atoms with van der Waals surface area (Å²) >= 11 is 0. The van der Waals surface area contributed by atoms with Gasteiger partial charge < -0.3 is 5.11 Å². The average Bonchev–Trinajstić information content (AvgIpc) is 2.28. The van der Waals surface area contributed by atoms with Gasteiger partial charge in [0.15, 0.2) is 0 Å². The number of carboxylic acid groups (broad SMARTS) is 1. The number of nitrogens with zero attached hydrogens (tertiary/aromatic N) is 1. The number of unbranched alkanes of at least 4 members (excludes halogenated alkanes) is 4. The topological polar surface area (TPSA) is 40.5 Å². The van der Waals surface area contributed by atoms with Gasteiger partial charge in [-0.3, -0.25) is 9.69 Å². The summed E-state index contributed by atoms with van der Waals surface area (Å²) in [6.45, 7) is 6.22. The van der Waals surface area contributed by atoms with E-state index in [0.29, 0.717) is 5.92 Å². The average molecular weight is 241 g/mol. The molecule has 0 aromatic heterocycles. The minimum Gasteiger partial charge on any atom is -0.480 e. The second-order valence-corrected chi connectivity index (χ2v) is 5.35. The van der Waals surface area contributed by atoms with Gasteiger partial charge >= 0.3 is 5.97 Å². The summed E-state index contributed by atoms with van der Waals surface area (Å²) < 4.78 is 0. The second-order valence-electron chi connectivity index (χ2n) is 5.35. The molecule has 0 aromatic carbocycles. The SMILES string of the molecule is CCCCCCCN1CCCC(C)C1C(=O)O. The zero-order chi connectivity index (χ0) is 12.7. The van der Waals surface area contributed by atoms with Crippen molar-refractivity contribution in [3.63, 3.8) is 0 Å². The second kappa shape index (κ2) is 7.70. The summed E-state index contributed by atoms with van der Waals surface area (Å²) in [6, 6.07) is -0.241. The number of hydrogen-bond acceptors (Lipinski definition) is 2. The molecule has 0 bridgehead atoms. The van der Waals surface area contributed by atoms with Gasteiger partial charge in [0.05, 0.1) is 0 Å². The normalized spacial score (nSPS) is 26.0. The molecule has 0 amide bonds. The van der Waals surface area contributed by atoms with Crippen LogP contribution in [0.4, 0.5) is 0 Å². The number of hydrogen-bond donors (Lipinski definition) is 1. The summed E-state index contributed by atoms with van der Waals surface area (Å²) in [5.74, 6) is -0.331. The van der Waals surface area contributed by atoms with Gasteiger partial charge in [-0.15, -0.1) is 0 Å². The van der Waals surface area contributed by atoms with Crippen LogP contribution in [-0.2, 0) is 4.79 Å². The predicted octanol–water partition coefficient (Wildman–Crippen LogP) is 3.14. The number of rotatable bonds is 7. The maximum atomic E-state index is 11.3. The van der Waals surface area contributed by atoms with E-state index in [-0.39, 0.29) is 6.04 Å². The van der Waals surface area contributed by atoms with Crippen LogP contribution in [0.15, 0.2) is 0 Å². The van der Waals surface area contributed by atoms with Crippen molar-refractivity contribution < 1.29 is 9.90 Å². The van der Waals surface area contributed by atoms with Crippen molar-refractivity contribution in [1.82, 2.24) is 4.90 Å². The summed E-state index contributed by atoms with van der Waals surface area (Å²) in [5, 5.41) is 9.28. The lowest BCUT2D eigenvalue weighted by atomic mass is 9.90. The van der Waals surface area contributed by atoms with Gasteiger partial charge in [0.1, 0.15) is 6.04 Å². The molecular formula is C14H27NO2. The molecule has 0 aromatic rings. The minimum absolute atomic E-state index is 0.241. The molecule has 1 saturated heterocycles. The highest BCUT2D eigenvalue weighted by atomic mass is 16.4. The molecule has 1 heterocycles. The molecule has 17 heavy (non-hydrogen) atoms. The highest BCUT2D eigenvalue weighted by Crippen LogP contribution is 2.23. The zero-order valence-corrected chi connectivity index (χ0v) is 11.3. The van der Waals surface area contributed by atoms with Gasteiger partial charge in [-0.25, -0.2) is 0 Å². The van der Waals surface area contributed by atoms with Gasteiger partial charge in [-0.2, -0.15) is 0 Å². The highest BCUT2D eigenvalue weighted by molar-refractivity contribution is 5.74. The minimum atomic E-state index is -0.634. The van der Waals surface area contributed by atoms with Gasteiger partial charge in [0.2, 0.25) is 0 Å². The predicted molar refractivity (Wildman–Crippen MR) is 70.2 cm³/mol. The Morgan fingerprint density at radius 3 is 2.65 bits per heavy atom. The molecule has 2 atom stereocenters. The molecule has 3 nitrogen and oxygen atoms in total. The van der Waals surface area contributed by atoms with Crippen LogP contribution in [-0.4, -0.2) is 35.1 Å². The van der Waals surface area contributed by atoms with Crippen LogP contribution < -0.4 is 0 Å². The molecule has 0 radical (unpaired) electrons. The van der Waals surface area contributed by atoms with Crippen LogP contribution in [0.5, 0.6) is 0 Å². The third kappa shape index (κ3) is 4.66. The molecule has 1 aliphatic heterocycles. The van der Waals surface area contributed by atoms with E-state index >= 15 is 0 Å². The van der Waals surface area contributed by atoms with Gasteiger partial charge in [-0.05, 0) is 38.3 Å². The summed E-state index contributed by atoms with van der Waals surface area (Å²) in [7, 11) is 0. The Labute approximate surface area is 105 Å². The van der Waals surface area contributed by atoms with Crippen LogP contribution in [0.2, 0.25) is 0 Å². The molecule has 1 fully saturated rings. The van der Waals surface area contributed by atoms with E-state index in [1.165, 1.54) is 25.7 Å². The lowest BCUT2D eigenvalue weighted by molar-refractivity contribution is -0.146. The highest BCUT2D eigenvalue weighted by Gasteiger charge is 2.33. The number of piperidine rings is 1. The number of aliphatic carboxylic acids is 1. The first-order chi connectivity index (χ1) is 8.16. The summed E-state index contributed by atoms with van der Waals surface area (Å²) in [4.78, 5) is 13.5. The Morgan fingerprint density at radius 2 is 2.00 bits per heavy atom. The third-order valence-corrected chi connectivity index (χ3v) is 3.84. The van der Waals surface area contributed by atoms with E-state index in [0.717, 1.165) is 32.4 Å².